The summed E-state index contributed by atoms with van der Waals surface area (Å²) in [5.41, 5.74) is -4.43. The van der Waals surface area contributed by atoms with E-state index in [9.17, 15) is 60.7 Å². The van der Waals surface area contributed by atoms with Crippen LogP contribution in [0.5, 0.6) is 0 Å². The molecule has 0 aliphatic carbocycles. The quantitative estimate of drug-likeness (QED) is 0.115. The highest BCUT2D eigenvalue weighted by Crippen LogP contribution is 2.34. The summed E-state index contributed by atoms with van der Waals surface area (Å²) in [6.07, 6.45) is -3.30. The summed E-state index contributed by atoms with van der Waals surface area (Å²) < 4.78 is 5.56. The lowest BCUT2D eigenvalue weighted by Gasteiger charge is -2.42. The Bertz CT molecular complexity index is 681. The molecule has 0 aliphatic rings. The van der Waals surface area contributed by atoms with Crippen LogP contribution in [0, 0.1) is 71.5 Å². The van der Waals surface area contributed by atoms with Crippen LogP contribution in [0.2, 0.25) is 0 Å². The van der Waals surface area contributed by atoms with E-state index in [4.69, 9.17) is 4.74 Å². The monoisotopic (exact) mass is 552 g/mol. The van der Waals surface area contributed by atoms with Crippen LogP contribution < -0.4 is 0 Å². The molecular weight excluding hydrogens is 532 g/mol. The third kappa shape index (κ3) is 11.9. The van der Waals surface area contributed by atoms with E-state index in [-0.39, 0.29) is 0 Å². The number of hydrogen-bond donors (Lipinski definition) is 0. The first-order chi connectivity index (χ1) is 17.0. The van der Waals surface area contributed by atoms with Gasteiger partial charge in [0.25, 0.3) is 30.5 Å². The Morgan fingerprint density at radius 3 is 0.757 bits per heavy atom. The summed E-state index contributed by atoms with van der Waals surface area (Å²) >= 11 is 0. The molecule has 0 spiro atoms. The molecule has 212 valence electrons. The molecule has 0 heterocycles. The highest BCUT2D eigenvalue weighted by Gasteiger charge is 2.47. The average molecular weight is 552 g/mol. The molecule has 0 bridgehead atoms. The molecule has 0 aromatic heterocycles. The van der Waals surface area contributed by atoms with Gasteiger partial charge in [-0.3, -0.25) is 0 Å². The van der Waals surface area contributed by atoms with Crippen molar-refractivity contribution in [2.24, 2.45) is 10.8 Å². The van der Waals surface area contributed by atoms with Crippen molar-refractivity contribution in [3.05, 3.63) is 60.7 Å². The summed E-state index contributed by atoms with van der Waals surface area (Å²) in [6.45, 7) is -4.90. The van der Waals surface area contributed by atoms with Crippen LogP contribution in [0.4, 0.5) is 0 Å². The minimum Gasteiger partial charge on any atom is -0.374 e. The second-order valence-corrected chi connectivity index (χ2v) is 7.13. The fraction of sp³-hybridized carbons (Fsp3) is 1.00. The molecule has 0 aliphatic heterocycles. The van der Waals surface area contributed by atoms with Gasteiger partial charge in [0, 0.05) is 0 Å². The van der Waals surface area contributed by atoms with Crippen molar-refractivity contribution < 1.29 is 64.3 Å². The topological polar surface area (TPSA) is 323 Å². The molecule has 0 amide bonds. The van der Waals surface area contributed by atoms with E-state index in [0.717, 1.165) is 13.8 Å². The van der Waals surface area contributed by atoms with Gasteiger partial charge in [0.05, 0.1) is 23.0 Å². The van der Waals surface area contributed by atoms with Gasteiger partial charge >= 0.3 is 0 Å². The van der Waals surface area contributed by atoms with Gasteiger partial charge in [-0.25, -0.2) is 0 Å². The third-order valence-corrected chi connectivity index (χ3v) is 4.88. The van der Waals surface area contributed by atoms with Crippen molar-refractivity contribution in [2.45, 2.75) is 26.1 Å². The maximum atomic E-state index is 10.7. The zero-order valence-electron chi connectivity index (χ0n) is 18.8. The number of hydrogen-bond acceptors (Lipinski definition) is 19. The van der Waals surface area contributed by atoms with Crippen molar-refractivity contribution in [3.63, 3.8) is 0 Å². The predicted molar refractivity (Wildman–Crippen MR) is 103 cm³/mol. The van der Waals surface area contributed by atoms with E-state index in [1.807, 2.05) is 0 Å². The van der Waals surface area contributed by atoms with Crippen molar-refractivity contribution in [2.75, 3.05) is 39.6 Å². The van der Waals surface area contributed by atoms with Crippen LogP contribution in [0.15, 0.2) is 0 Å². The van der Waals surface area contributed by atoms with Crippen LogP contribution in [0.3, 0.4) is 0 Å². The normalized spacial score (nSPS) is 12.8. The van der Waals surface area contributed by atoms with Crippen LogP contribution in [0.1, 0.15) is 13.8 Å². The number of nitrogens with zero attached hydrogens (tertiary/aromatic N) is 6. The summed E-state index contributed by atoms with van der Waals surface area (Å²) in [5, 5.41) is 56.2. The van der Waals surface area contributed by atoms with Gasteiger partial charge in [-0.1, -0.05) is 0 Å². The van der Waals surface area contributed by atoms with Gasteiger partial charge in [0.1, 0.15) is 39.6 Å². The van der Waals surface area contributed by atoms with Gasteiger partial charge in [0.2, 0.25) is 0 Å². The van der Waals surface area contributed by atoms with Crippen LogP contribution in [-0.2, 0) is 33.8 Å². The molecule has 25 heteroatoms. The summed E-state index contributed by atoms with van der Waals surface area (Å²) in [5.74, 6) is 0. The van der Waals surface area contributed by atoms with Gasteiger partial charge in [-0.05, 0) is 13.8 Å². The Morgan fingerprint density at radius 2 is 0.622 bits per heavy atom. The van der Waals surface area contributed by atoms with Gasteiger partial charge in [0.15, 0.2) is 0 Å². The standard InChI is InChI=1S/C12H20N6O19/c1-9(11(3-31-13(19)20,4-32-14(21)22)5-33-15(23)24)37-10(2)12(6-34-16(25)26,7-35-17(27)28)8-36-18(29)30/h9-10H,3-8H2,1-2H3. The molecule has 2 atom stereocenters. The highest BCUT2D eigenvalue weighted by atomic mass is 17.0. The smallest absolute Gasteiger partial charge is 0.294 e. The van der Waals surface area contributed by atoms with Crippen molar-refractivity contribution in [1.29, 1.82) is 0 Å². The fourth-order valence-corrected chi connectivity index (χ4v) is 2.64. The van der Waals surface area contributed by atoms with E-state index in [1.54, 1.807) is 0 Å². The molecule has 37 heavy (non-hydrogen) atoms. The molecule has 0 aromatic carbocycles. The first-order valence-electron chi connectivity index (χ1n) is 9.34. The van der Waals surface area contributed by atoms with Crippen molar-refractivity contribution in [3.8, 4) is 0 Å². The first kappa shape index (κ1) is 32.2. The van der Waals surface area contributed by atoms with Crippen molar-refractivity contribution >= 4 is 0 Å². The fourth-order valence-electron chi connectivity index (χ4n) is 2.64. The largest absolute Gasteiger partial charge is 0.374 e. The lowest BCUT2D eigenvalue weighted by Crippen LogP contribution is -2.54. The van der Waals surface area contributed by atoms with E-state index in [1.165, 1.54) is 0 Å². The Labute approximate surface area is 202 Å². The van der Waals surface area contributed by atoms with Crippen molar-refractivity contribution in [1.82, 2.24) is 0 Å². The average Bonchev–Trinajstić information content (AvgIpc) is 2.77. The second-order valence-electron chi connectivity index (χ2n) is 7.13. The third-order valence-electron chi connectivity index (χ3n) is 4.88. The van der Waals surface area contributed by atoms with Gasteiger partial charge in [-0.2, -0.15) is 0 Å². The van der Waals surface area contributed by atoms with Gasteiger partial charge in [-0.15, -0.1) is 60.7 Å². The first-order valence-corrected chi connectivity index (χ1v) is 9.34. The van der Waals surface area contributed by atoms with E-state index < -0.39 is 93.2 Å². The molecule has 0 aromatic rings. The second kappa shape index (κ2) is 14.5. The predicted octanol–water partition coefficient (Wildman–Crippen LogP) is -0.997. The lowest BCUT2D eigenvalue weighted by atomic mass is 9.82. The Kier molecular flexibility index (Phi) is 12.6. The number of ether oxygens (including phenoxy) is 1. The molecule has 0 radical (unpaired) electrons. The van der Waals surface area contributed by atoms with E-state index in [0.29, 0.717) is 0 Å². The minimum absolute atomic E-state index is 1.04. The van der Waals surface area contributed by atoms with E-state index >= 15 is 0 Å². The van der Waals surface area contributed by atoms with Crippen LogP contribution >= 0.6 is 0 Å². The number of rotatable bonds is 22. The molecular formula is C12H20N6O19. The zero-order chi connectivity index (χ0) is 28.8. The Balaban J connectivity index is 6.36. The van der Waals surface area contributed by atoms with Crippen LogP contribution in [-0.4, -0.2) is 82.4 Å². The van der Waals surface area contributed by atoms with Gasteiger partial charge < -0.3 is 33.8 Å². The Hall–Kier alpha value is -4.84. The summed E-state index contributed by atoms with van der Waals surface area (Å²) in [7, 11) is 0. The highest BCUT2D eigenvalue weighted by molar-refractivity contribution is 4.90. The molecule has 25 nitrogen and oxygen atoms in total. The zero-order valence-corrected chi connectivity index (χ0v) is 18.8. The lowest BCUT2D eigenvalue weighted by molar-refractivity contribution is -0.784. The summed E-state index contributed by atoms with van der Waals surface area (Å²) in [4.78, 5) is 89.5. The molecule has 2 unspecified atom stereocenters. The molecule has 0 fully saturated rings. The SMILES string of the molecule is CC(OC(C)C(CO[N+](=O)[O-])(CO[N+](=O)[O-])CO[N+](=O)[O-])C(CO[N+](=O)[O-])(CO[N+](=O)[O-])CO[N+](=O)[O-]. The maximum Gasteiger partial charge on any atom is 0.294 e. The molecule has 0 saturated heterocycles. The molecule has 0 N–H and O–H groups in total. The van der Waals surface area contributed by atoms with Crippen LogP contribution in [0.25, 0.3) is 0 Å². The molecule has 0 rings (SSSR count). The van der Waals surface area contributed by atoms with E-state index in [2.05, 4.69) is 29.0 Å². The minimum atomic E-state index is -2.22. The molecule has 0 saturated carbocycles. The maximum absolute atomic E-state index is 10.7. The summed E-state index contributed by atoms with van der Waals surface area (Å²) in [6, 6.07) is 0. The Morgan fingerprint density at radius 1 is 0.459 bits per heavy atom.